The second-order valence-electron chi connectivity index (χ2n) is 8.22. The number of rotatable bonds is 6. The molecule has 0 radical (unpaired) electrons. The number of hydrogen-bond donors (Lipinski definition) is 1. The van der Waals surface area contributed by atoms with Crippen LogP contribution in [0.2, 0.25) is 0 Å². The lowest BCUT2D eigenvalue weighted by molar-refractivity contribution is 0.0542. The first kappa shape index (κ1) is 21.0. The van der Waals surface area contributed by atoms with E-state index < -0.39 is 0 Å². The highest BCUT2D eigenvalue weighted by Gasteiger charge is 2.32. The number of carbonyl (C=O) groups is 2. The van der Waals surface area contributed by atoms with Crippen LogP contribution in [0.1, 0.15) is 65.0 Å². The Hall–Kier alpha value is -3.28. The Labute approximate surface area is 182 Å². The molecule has 0 saturated carbocycles. The molecule has 1 fully saturated rings. The molecular weight excluding hydrogens is 388 g/mol. The van der Waals surface area contributed by atoms with Crippen molar-refractivity contribution >= 4 is 22.7 Å². The summed E-state index contributed by atoms with van der Waals surface area (Å²) in [5, 5.41) is 4.15. The zero-order chi connectivity index (χ0) is 22.0. The first-order chi connectivity index (χ1) is 15.0. The highest BCUT2D eigenvalue weighted by Crippen LogP contribution is 2.29. The predicted molar refractivity (Wildman–Crippen MR) is 121 cm³/mol. The second-order valence-corrected chi connectivity index (χ2v) is 8.22. The van der Waals surface area contributed by atoms with Crippen LogP contribution >= 0.6 is 0 Å². The van der Waals surface area contributed by atoms with Crippen LogP contribution in [0.15, 0.2) is 48.9 Å². The molecule has 1 aromatic carbocycles. The van der Waals surface area contributed by atoms with Crippen LogP contribution < -0.4 is 5.32 Å². The number of aryl methyl sites for hydroxylation is 1. The molecule has 3 heterocycles. The lowest BCUT2D eigenvalue weighted by atomic mass is 9.92. The Morgan fingerprint density at radius 1 is 1.13 bits per heavy atom. The third kappa shape index (κ3) is 4.15. The highest BCUT2D eigenvalue weighted by atomic mass is 16.2. The van der Waals surface area contributed by atoms with E-state index in [9.17, 15) is 9.59 Å². The van der Waals surface area contributed by atoms with Crippen LogP contribution in [0, 0.1) is 0 Å². The van der Waals surface area contributed by atoms with Crippen LogP contribution in [0.3, 0.4) is 0 Å². The maximum atomic E-state index is 13.2. The SMILES string of the molecule is CCc1cc(C(=O)NC2CN(C(=O)c3ccncc3)C2)c2nccc(C(C)CC)c2c1. The summed E-state index contributed by atoms with van der Waals surface area (Å²) in [4.78, 5) is 35.9. The number of aromatic nitrogens is 2. The van der Waals surface area contributed by atoms with E-state index >= 15 is 0 Å². The van der Waals surface area contributed by atoms with Crippen LogP contribution in [0.25, 0.3) is 10.9 Å². The largest absolute Gasteiger partial charge is 0.346 e. The van der Waals surface area contributed by atoms with E-state index in [2.05, 4.69) is 48.2 Å². The zero-order valence-corrected chi connectivity index (χ0v) is 18.3. The fourth-order valence-corrected chi connectivity index (χ4v) is 4.04. The van der Waals surface area contributed by atoms with Gasteiger partial charge in [-0.3, -0.25) is 19.6 Å². The average molecular weight is 417 g/mol. The standard InChI is InChI=1S/C25H28N4O2/c1-4-16(3)20-8-11-27-23-21(20)12-17(5-2)13-22(23)24(30)28-19-14-29(15-19)25(31)18-6-9-26-10-7-18/h6-13,16,19H,4-5,14-15H2,1-3H3,(H,28,30). The van der Waals surface area contributed by atoms with Crippen molar-refractivity contribution in [2.45, 2.75) is 45.6 Å². The summed E-state index contributed by atoms with van der Waals surface area (Å²) in [6.07, 6.45) is 6.89. The minimum Gasteiger partial charge on any atom is -0.346 e. The summed E-state index contributed by atoms with van der Waals surface area (Å²) in [6, 6.07) is 9.53. The Morgan fingerprint density at radius 3 is 2.55 bits per heavy atom. The lowest BCUT2D eigenvalue weighted by Gasteiger charge is -2.39. The molecule has 2 amide bonds. The zero-order valence-electron chi connectivity index (χ0n) is 18.3. The molecule has 1 atom stereocenters. The van der Waals surface area contributed by atoms with Gasteiger partial charge in [-0.1, -0.05) is 20.8 Å². The maximum Gasteiger partial charge on any atom is 0.254 e. The molecule has 0 spiro atoms. The van der Waals surface area contributed by atoms with E-state index in [0.29, 0.717) is 30.1 Å². The fraction of sp³-hybridized carbons (Fsp3) is 0.360. The first-order valence-electron chi connectivity index (χ1n) is 10.9. The second kappa shape index (κ2) is 8.84. The van der Waals surface area contributed by atoms with Crippen molar-refractivity contribution < 1.29 is 9.59 Å². The van der Waals surface area contributed by atoms with Gasteiger partial charge in [0.05, 0.1) is 17.1 Å². The molecule has 1 unspecified atom stereocenters. The van der Waals surface area contributed by atoms with Gasteiger partial charge in [-0.25, -0.2) is 0 Å². The smallest absolute Gasteiger partial charge is 0.254 e. The number of hydrogen-bond acceptors (Lipinski definition) is 4. The molecule has 6 nitrogen and oxygen atoms in total. The summed E-state index contributed by atoms with van der Waals surface area (Å²) in [5.41, 5.74) is 4.33. The van der Waals surface area contributed by atoms with Gasteiger partial charge in [0.25, 0.3) is 11.8 Å². The molecular formula is C25H28N4O2. The third-order valence-electron chi connectivity index (χ3n) is 6.17. The normalized spacial score (nSPS) is 14.9. The van der Waals surface area contributed by atoms with Crippen molar-refractivity contribution in [1.29, 1.82) is 0 Å². The molecule has 3 aromatic rings. The Balaban J connectivity index is 1.53. The fourth-order valence-electron chi connectivity index (χ4n) is 4.04. The average Bonchev–Trinajstić information content (AvgIpc) is 2.79. The van der Waals surface area contributed by atoms with Gasteiger partial charge in [-0.2, -0.15) is 0 Å². The molecule has 1 aliphatic rings. The summed E-state index contributed by atoms with van der Waals surface area (Å²) in [6.45, 7) is 7.48. The van der Waals surface area contributed by atoms with Gasteiger partial charge in [0.2, 0.25) is 0 Å². The minimum atomic E-state index is -0.130. The first-order valence-corrected chi connectivity index (χ1v) is 10.9. The van der Waals surface area contributed by atoms with Crippen LogP contribution in [0.4, 0.5) is 0 Å². The monoisotopic (exact) mass is 416 g/mol. The summed E-state index contributed by atoms with van der Waals surface area (Å²) in [5.74, 6) is 0.231. The molecule has 4 rings (SSSR count). The molecule has 1 saturated heterocycles. The highest BCUT2D eigenvalue weighted by molar-refractivity contribution is 6.07. The quantitative estimate of drug-likeness (QED) is 0.660. The number of amides is 2. The van der Waals surface area contributed by atoms with Gasteiger partial charge in [-0.05, 0) is 60.2 Å². The predicted octanol–water partition coefficient (Wildman–Crippen LogP) is 3.96. The van der Waals surface area contributed by atoms with E-state index in [0.717, 1.165) is 29.3 Å². The molecule has 160 valence electrons. The number of nitrogens with zero attached hydrogens (tertiary/aromatic N) is 3. The molecule has 1 aliphatic heterocycles. The number of carbonyl (C=O) groups excluding carboxylic acids is 2. The summed E-state index contributed by atoms with van der Waals surface area (Å²) < 4.78 is 0. The third-order valence-corrected chi connectivity index (χ3v) is 6.17. The lowest BCUT2D eigenvalue weighted by Crippen LogP contribution is -2.61. The van der Waals surface area contributed by atoms with Crippen molar-refractivity contribution in [3.63, 3.8) is 0 Å². The molecule has 31 heavy (non-hydrogen) atoms. The molecule has 0 bridgehead atoms. The number of likely N-dealkylation sites (tertiary alicyclic amines) is 1. The molecule has 1 N–H and O–H groups in total. The van der Waals surface area contributed by atoms with Gasteiger partial charge >= 0.3 is 0 Å². The number of nitrogens with one attached hydrogen (secondary N) is 1. The van der Waals surface area contributed by atoms with Crippen molar-refractivity contribution in [3.8, 4) is 0 Å². The summed E-state index contributed by atoms with van der Waals surface area (Å²) in [7, 11) is 0. The molecule has 0 aliphatic carbocycles. The van der Waals surface area contributed by atoms with E-state index in [1.807, 2.05) is 6.07 Å². The minimum absolute atomic E-state index is 0.0359. The molecule has 2 aromatic heterocycles. The van der Waals surface area contributed by atoms with Gasteiger partial charge in [0.15, 0.2) is 0 Å². The topological polar surface area (TPSA) is 75.2 Å². The molecule has 6 heteroatoms. The van der Waals surface area contributed by atoms with Crippen LogP contribution in [-0.2, 0) is 6.42 Å². The van der Waals surface area contributed by atoms with E-state index in [1.165, 1.54) is 5.56 Å². The van der Waals surface area contributed by atoms with Crippen molar-refractivity contribution in [2.75, 3.05) is 13.1 Å². The van der Waals surface area contributed by atoms with Crippen LogP contribution in [-0.4, -0.2) is 45.8 Å². The van der Waals surface area contributed by atoms with Gasteiger partial charge < -0.3 is 10.2 Å². The van der Waals surface area contributed by atoms with Gasteiger partial charge in [0.1, 0.15) is 0 Å². The van der Waals surface area contributed by atoms with E-state index in [4.69, 9.17) is 0 Å². The van der Waals surface area contributed by atoms with E-state index in [-0.39, 0.29) is 17.9 Å². The Bertz CT molecular complexity index is 1110. The van der Waals surface area contributed by atoms with Crippen molar-refractivity contribution in [2.24, 2.45) is 0 Å². The Kier molecular flexibility index (Phi) is 5.98. The van der Waals surface area contributed by atoms with Gasteiger partial charge in [-0.15, -0.1) is 0 Å². The number of pyridine rings is 2. The number of benzene rings is 1. The van der Waals surface area contributed by atoms with Crippen LogP contribution in [0.5, 0.6) is 0 Å². The summed E-state index contributed by atoms with van der Waals surface area (Å²) >= 11 is 0. The maximum absolute atomic E-state index is 13.2. The van der Waals surface area contributed by atoms with Gasteiger partial charge in [0, 0.05) is 42.6 Å². The van der Waals surface area contributed by atoms with Crippen molar-refractivity contribution in [1.82, 2.24) is 20.2 Å². The Morgan fingerprint density at radius 2 is 1.87 bits per heavy atom. The van der Waals surface area contributed by atoms with Crippen molar-refractivity contribution in [3.05, 3.63) is 71.2 Å². The number of fused-ring (bicyclic) bond motifs is 1. The van der Waals surface area contributed by atoms with E-state index in [1.54, 1.807) is 35.6 Å².